The van der Waals surface area contributed by atoms with Crippen molar-refractivity contribution in [1.82, 2.24) is 0 Å². The van der Waals surface area contributed by atoms with Crippen molar-refractivity contribution in [1.29, 1.82) is 0 Å². The first-order chi connectivity index (χ1) is 16.0. The van der Waals surface area contributed by atoms with Crippen LogP contribution in [0.2, 0.25) is 0 Å². The molecular weight excluding hydrogens is 461 g/mol. The Labute approximate surface area is 200 Å². The Balaban J connectivity index is 1.36. The van der Waals surface area contributed by atoms with Crippen molar-refractivity contribution in [3.05, 3.63) is 89.1 Å². The van der Waals surface area contributed by atoms with Crippen LogP contribution in [0.4, 0.5) is 10.1 Å². The third-order valence-corrected chi connectivity index (χ3v) is 6.02. The van der Waals surface area contributed by atoms with Gasteiger partial charge in [0.25, 0.3) is 5.91 Å². The summed E-state index contributed by atoms with van der Waals surface area (Å²) in [5, 5.41) is 0. The Hall–Kier alpha value is -3.36. The molecule has 0 N–H and O–H groups in total. The van der Waals surface area contributed by atoms with Crippen molar-refractivity contribution < 1.29 is 23.4 Å². The predicted molar refractivity (Wildman–Crippen MR) is 132 cm³/mol. The number of carbonyl (C=O) groups excluding carboxylic acids is 1. The molecule has 3 aromatic carbocycles. The maximum absolute atomic E-state index is 13.2. The average molecular weight is 482 g/mol. The van der Waals surface area contributed by atoms with E-state index in [2.05, 4.69) is 0 Å². The highest BCUT2D eigenvalue weighted by molar-refractivity contribution is 8.27. The van der Waals surface area contributed by atoms with Crippen molar-refractivity contribution >= 4 is 46.0 Å². The van der Waals surface area contributed by atoms with Crippen LogP contribution in [-0.2, 0) is 4.79 Å². The number of amides is 1. The minimum Gasteiger partial charge on any atom is -0.497 e. The summed E-state index contributed by atoms with van der Waals surface area (Å²) in [6.45, 7) is 0.745. The molecule has 8 heteroatoms. The predicted octanol–water partition coefficient (Wildman–Crippen LogP) is 5.70. The maximum Gasteiger partial charge on any atom is 0.270 e. The Morgan fingerprint density at radius 1 is 0.939 bits per heavy atom. The van der Waals surface area contributed by atoms with Crippen molar-refractivity contribution in [3.8, 4) is 17.2 Å². The van der Waals surface area contributed by atoms with Crippen molar-refractivity contribution in [2.45, 2.75) is 0 Å². The van der Waals surface area contributed by atoms with E-state index >= 15 is 0 Å². The molecule has 1 fully saturated rings. The molecule has 1 aliphatic rings. The van der Waals surface area contributed by atoms with E-state index in [1.54, 1.807) is 13.2 Å². The van der Waals surface area contributed by atoms with E-state index in [4.69, 9.17) is 26.4 Å². The molecule has 0 spiro atoms. The quantitative estimate of drug-likeness (QED) is 0.234. The summed E-state index contributed by atoms with van der Waals surface area (Å²) in [5.74, 6) is 1.55. The van der Waals surface area contributed by atoms with Crippen molar-refractivity contribution in [3.63, 3.8) is 0 Å². The molecule has 1 heterocycles. The SMILES string of the molecule is COc1ccc(OCCOc2cccc(C=C3SC(=S)N(c4ccc(F)cc4)C3=O)c2)cc1. The fourth-order valence-electron chi connectivity index (χ4n) is 3.12. The average Bonchev–Trinajstić information content (AvgIpc) is 3.10. The number of carbonyl (C=O) groups is 1. The highest BCUT2D eigenvalue weighted by atomic mass is 32.2. The summed E-state index contributed by atoms with van der Waals surface area (Å²) >= 11 is 6.57. The van der Waals surface area contributed by atoms with E-state index in [1.165, 1.54) is 40.9 Å². The zero-order valence-corrected chi connectivity index (χ0v) is 19.3. The summed E-state index contributed by atoms with van der Waals surface area (Å²) in [5.41, 5.74) is 1.35. The molecule has 0 radical (unpaired) electrons. The van der Waals surface area contributed by atoms with Crippen LogP contribution in [-0.4, -0.2) is 30.6 Å². The molecule has 1 amide bonds. The third-order valence-electron chi connectivity index (χ3n) is 4.71. The summed E-state index contributed by atoms with van der Waals surface area (Å²) in [6, 6.07) is 20.4. The van der Waals surface area contributed by atoms with Gasteiger partial charge in [0.2, 0.25) is 0 Å². The molecule has 0 unspecified atom stereocenters. The van der Waals surface area contributed by atoms with Gasteiger partial charge < -0.3 is 14.2 Å². The van der Waals surface area contributed by atoms with Crippen LogP contribution >= 0.6 is 24.0 Å². The zero-order valence-electron chi connectivity index (χ0n) is 17.7. The molecule has 0 bridgehead atoms. The van der Waals surface area contributed by atoms with Crippen LogP contribution in [0.5, 0.6) is 17.2 Å². The van der Waals surface area contributed by atoms with Crippen molar-refractivity contribution in [2.75, 3.05) is 25.2 Å². The Morgan fingerprint density at radius 2 is 1.61 bits per heavy atom. The summed E-state index contributed by atoms with van der Waals surface area (Å²) in [7, 11) is 1.62. The molecule has 0 saturated carbocycles. The van der Waals surface area contributed by atoms with Gasteiger partial charge in [-0.15, -0.1) is 0 Å². The second-order valence-electron chi connectivity index (χ2n) is 6.94. The first-order valence-corrected chi connectivity index (χ1v) is 11.3. The van der Waals surface area contributed by atoms with Gasteiger partial charge >= 0.3 is 0 Å². The lowest BCUT2D eigenvalue weighted by molar-refractivity contribution is -0.113. The number of thioether (sulfide) groups is 1. The standard InChI is InChI=1S/C25H20FNO4S2/c1-29-20-9-11-21(12-10-20)30-13-14-31-22-4-2-3-17(15-22)16-23-24(28)27(25(32)33-23)19-7-5-18(26)6-8-19/h2-12,15-16H,13-14H2,1H3. The molecule has 0 aliphatic carbocycles. The number of anilines is 1. The Bertz CT molecular complexity index is 1180. The van der Waals surface area contributed by atoms with E-state index < -0.39 is 0 Å². The first-order valence-electron chi connectivity index (χ1n) is 10.1. The lowest BCUT2D eigenvalue weighted by Gasteiger charge is -2.14. The van der Waals surface area contributed by atoms with Crippen LogP contribution in [0.1, 0.15) is 5.56 Å². The molecule has 0 atom stereocenters. The van der Waals surface area contributed by atoms with Gasteiger partial charge in [-0.2, -0.15) is 0 Å². The second kappa shape index (κ2) is 10.5. The van der Waals surface area contributed by atoms with Gasteiger partial charge in [0.05, 0.1) is 17.7 Å². The summed E-state index contributed by atoms with van der Waals surface area (Å²) in [4.78, 5) is 14.8. The Morgan fingerprint density at radius 3 is 2.30 bits per heavy atom. The molecule has 0 aromatic heterocycles. The second-order valence-corrected chi connectivity index (χ2v) is 8.61. The smallest absolute Gasteiger partial charge is 0.270 e. The lowest BCUT2D eigenvalue weighted by atomic mass is 10.2. The van der Waals surface area contributed by atoms with Crippen LogP contribution in [0.15, 0.2) is 77.7 Å². The van der Waals surface area contributed by atoms with E-state index in [-0.39, 0.29) is 11.7 Å². The maximum atomic E-state index is 13.2. The molecule has 5 nitrogen and oxygen atoms in total. The number of benzene rings is 3. The number of rotatable bonds is 8. The van der Waals surface area contributed by atoms with Gasteiger partial charge in [-0.25, -0.2) is 4.39 Å². The highest BCUT2D eigenvalue weighted by Gasteiger charge is 2.33. The summed E-state index contributed by atoms with van der Waals surface area (Å²) < 4.78 is 30.2. The molecular formula is C25H20FNO4S2. The molecule has 168 valence electrons. The summed E-state index contributed by atoms with van der Waals surface area (Å²) in [6.07, 6.45) is 1.77. The number of ether oxygens (including phenoxy) is 3. The minimum atomic E-state index is -0.369. The van der Waals surface area contributed by atoms with Gasteiger partial charge in [-0.3, -0.25) is 9.69 Å². The minimum absolute atomic E-state index is 0.240. The van der Waals surface area contributed by atoms with Gasteiger partial charge in [0.1, 0.15) is 36.3 Å². The van der Waals surface area contributed by atoms with E-state index in [1.807, 2.05) is 48.5 Å². The molecule has 4 rings (SSSR count). The topological polar surface area (TPSA) is 48.0 Å². The van der Waals surface area contributed by atoms with Crippen molar-refractivity contribution in [2.24, 2.45) is 0 Å². The molecule has 3 aromatic rings. The zero-order chi connectivity index (χ0) is 23.2. The number of nitrogens with zero attached hydrogens (tertiary/aromatic N) is 1. The van der Waals surface area contributed by atoms with Crippen LogP contribution in [0.3, 0.4) is 0 Å². The van der Waals surface area contributed by atoms with Gasteiger partial charge in [-0.1, -0.05) is 36.1 Å². The van der Waals surface area contributed by atoms with Gasteiger partial charge in [0.15, 0.2) is 4.32 Å². The fourth-order valence-corrected chi connectivity index (χ4v) is 4.42. The monoisotopic (exact) mass is 481 g/mol. The molecule has 33 heavy (non-hydrogen) atoms. The molecule has 1 saturated heterocycles. The van der Waals surface area contributed by atoms with E-state index in [0.29, 0.717) is 33.9 Å². The number of thiocarbonyl (C=S) groups is 1. The van der Waals surface area contributed by atoms with Crippen LogP contribution in [0.25, 0.3) is 6.08 Å². The van der Waals surface area contributed by atoms with Crippen LogP contribution in [0, 0.1) is 5.82 Å². The van der Waals surface area contributed by atoms with E-state index in [9.17, 15) is 9.18 Å². The van der Waals surface area contributed by atoms with Gasteiger partial charge in [-0.05, 0) is 72.3 Å². The largest absolute Gasteiger partial charge is 0.497 e. The first kappa shape index (κ1) is 22.8. The van der Waals surface area contributed by atoms with Crippen LogP contribution < -0.4 is 19.1 Å². The molecule has 1 aliphatic heterocycles. The number of hydrogen-bond acceptors (Lipinski definition) is 6. The Kier molecular flexibility index (Phi) is 7.26. The number of hydrogen-bond donors (Lipinski definition) is 0. The number of methoxy groups -OCH3 is 1. The third kappa shape index (κ3) is 5.71. The van der Waals surface area contributed by atoms with E-state index in [0.717, 1.165) is 17.1 Å². The number of halogens is 1. The lowest BCUT2D eigenvalue weighted by Crippen LogP contribution is -2.27. The van der Waals surface area contributed by atoms with Gasteiger partial charge in [0, 0.05) is 0 Å². The normalized spacial score (nSPS) is 14.6. The fraction of sp³-hybridized carbons (Fsp3) is 0.120. The highest BCUT2D eigenvalue weighted by Crippen LogP contribution is 2.36.